The highest BCUT2D eigenvalue weighted by Gasteiger charge is 2.21. The molecule has 1 rings (SSSR count). The van der Waals surface area contributed by atoms with E-state index in [9.17, 15) is 24.3 Å². The van der Waals surface area contributed by atoms with Gasteiger partial charge in [-0.15, -0.1) is 0 Å². The Morgan fingerprint density at radius 1 is 1.12 bits per heavy atom. The van der Waals surface area contributed by atoms with Gasteiger partial charge >= 0.3 is 5.97 Å². The number of aliphatic carboxylic acids is 1. The molecule has 24 heavy (non-hydrogen) atoms. The molecule has 0 heterocycles. The minimum absolute atomic E-state index is 0.108. The zero-order chi connectivity index (χ0) is 18.1. The molecule has 1 aromatic carbocycles. The van der Waals surface area contributed by atoms with Crippen LogP contribution in [0, 0.1) is 0 Å². The fraction of sp³-hybridized carbons (Fsp3) is 0.333. The summed E-state index contributed by atoms with van der Waals surface area (Å²) >= 11 is 0. The Morgan fingerprint density at radius 2 is 1.75 bits per heavy atom. The first-order chi connectivity index (χ1) is 11.3. The summed E-state index contributed by atoms with van der Waals surface area (Å²) in [5.41, 5.74) is 11.1. The van der Waals surface area contributed by atoms with Crippen LogP contribution in [0.25, 0.3) is 0 Å². The molecular weight excluding hydrogens is 316 g/mol. The van der Waals surface area contributed by atoms with Crippen molar-refractivity contribution in [2.45, 2.75) is 24.9 Å². The lowest BCUT2D eigenvalue weighted by Crippen LogP contribution is -2.49. The van der Waals surface area contributed by atoms with Crippen LogP contribution in [-0.2, 0) is 25.6 Å². The van der Waals surface area contributed by atoms with Crippen LogP contribution >= 0.6 is 0 Å². The summed E-state index contributed by atoms with van der Waals surface area (Å²) < 4.78 is 0. The number of nitrogens with one attached hydrogen (secondary N) is 2. The van der Waals surface area contributed by atoms with Crippen molar-refractivity contribution >= 4 is 23.7 Å². The molecule has 0 saturated carbocycles. The summed E-state index contributed by atoms with van der Waals surface area (Å²) in [5.74, 6) is -3.34. The summed E-state index contributed by atoms with van der Waals surface area (Å²) in [6.07, 6.45) is -0.240. The molecule has 0 fully saturated rings. The van der Waals surface area contributed by atoms with Gasteiger partial charge in [0.2, 0.25) is 17.7 Å². The maximum absolute atomic E-state index is 11.8. The molecule has 0 aliphatic carbocycles. The molecule has 1 aromatic rings. The highest BCUT2D eigenvalue weighted by molar-refractivity contribution is 5.91. The first kappa shape index (κ1) is 19.1. The molecule has 0 aromatic heterocycles. The molecule has 0 aliphatic heterocycles. The normalized spacial score (nSPS) is 12.7. The van der Waals surface area contributed by atoms with Crippen LogP contribution in [-0.4, -0.2) is 47.4 Å². The van der Waals surface area contributed by atoms with E-state index in [1.807, 2.05) is 0 Å². The Kier molecular flexibility index (Phi) is 7.37. The predicted octanol–water partition coefficient (Wildman–Crippen LogP) is -1.88. The minimum Gasteiger partial charge on any atom is -0.480 e. The number of benzene rings is 1. The van der Waals surface area contributed by atoms with E-state index in [-0.39, 0.29) is 12.8 Å². The van der Waals surface area contributed by atoms with E-state index < -0.39 is 42.3 Å². The number of hydrogen-bond acceptors (Lipinski definition) is 5. The summed E-state index contributed by atoms with van der Waals surface area (Å²) in [5, 5.41) is 13.7. The molecule has 0 aliphatic rings. The van der Waals surface area contributed by atoms with Crippen molar-refractivity contribution in [1.29, 1.82) is 0 Å². The number of hydrogen-bond donors (Lipinski definition) is 5. The summed E-state index contributed by atoms with van der Waals surface area (Å²) in [7, 11) is 0. The van der Waals surface area contributed by atoms with Gasteiger partial charge in [0.15, 0.2) is 0 Å². The predicted molar refractivity (Wildman–Crippen MR) is 84.5 cm³/mol. The first-order valence-corrected chi connectivity index (χ1v) is 7.17. The average Bonchev–Trinajstić information content (AvgIpc) is 2.52. The SMILES string of the molecule is NC(=O)C[C@H](N)C(=O)NCC(=O)N[C@@H](Cc1ccccc1)C(=O)O. The standard InChI is InChI=1S/C15H20N4O5/c16-10(7-12(17)20)14(22)18-8-13(21)19-11(15(23)24)6-9-4-2-1-3-5-9/h1-5,10-11H,6-8,16H2,(H2,17,20)(H,18,22)(H,19,21)(H,23,24)/t10-,11-/m0/s1. The molecule has 0 saturated heterocycles. The molecule has 3 amide bonds. The average molecular weight is 336 g/mol. The van der Waals surface area contributed by atoms with Crippen LogP contribution in [0.3, 0.4) is 0 Å². The second-order valence-electron chi connectivity index (χ2n) is 5.14. The highest BCUT2D eigenvalue weighted by Crippen LogP contribution is 2.03. The van der Waals surface area contributed by atoms with Gasteiger partial charge in [-0.3, -0.25) is 14.4 Å². The van der Waals surface area contributed by atoms with Gasteiger partial charge in [0, 0.05) is 6.42 Å². The van der Waals surface area contributed by atoms with E-state index in [4.69, 9.17) is 11.5 Å². The third kappa shape index (κ3) is 6.88. The molecule has 0 unspecified atom stereocenters. The van der Waals surface area contributed by atoms with Gasteiger partial charge in [-0.25, -0.2) is 4.79 Å². The Balaban J connectivity index is 2.50. The lowest BCUT2D eigenvalue weighted by Gasteiger charge is -2.15. The maximum Gasteiger partial charge on any atom is 0.326 e. The third-order valence-corrected chi connectivity index (χ3v) is 3.10. The molecule has 0 spiro atoms. The van der Waals surface area contributed by atoms with Gasteiger partial charge in [0.1, 0.15) is 6.04 Å². The van der Waals surface area contributed by atoms with Crippen LogP contribution < -0.4 is 22.1 Å². The van der Waals surface area contributed by atoms with Gasteiger partial charge in [-0.1, -0.05) is 30.3 Å². The molecule has 9 nitrogen and oxygen atoms in total. The van der Waals surface area contributed by atoms with Gasteiger partial charge in [0.05, 0.1) is 19.0 Å². The molecular formula is C15H20N4O5. The second-order valence-corrected chi connectivity index (χ2v) is 5.14. The van der Waals surface area contributed by atoms with Crippen molar-refractivity contribution in [3.63, 3.8) is 0 Å². The van der Waals surface area contributed by atoms with Crippen LogP contribution in [0.2, 0.25) is 0 Å². The van der Waals surface area contributed by atoms with Crippen LogP contribution in [0.4, 0.5) is 0 Å². The molecule has 7 N–H and O–H groups in total. The first-order valence-electron chi connectivity index (χ1n) is 7.17. The van der Waals surface area contributed by atoms with Gasteiger partial charge in [-0.05, 0) is 5.56 Å². The van der Waals surface area contributed by atoms with Crippen molar-refractivity contribution in [2.24, 2.45) is 11.5 Å². The summed E-state index contributed by atoms with van der Waals surface area (Å²) in [6.45, 7) is -0.454. The summed E-state index contributed by atoms with van der Waals surface area (Å²) in [6, 6.07) is 6.51. The summed E-state index contributed by atoms with van der Waals surface area (Å²) in [4.78, 5) is 45.2. The highest BCUT2D eigenvalue weighted by atomic mass is 16.4. The largest absolute Gasteiger partial charge is 0.480 e. The Bertz CT molecular complexity index is 605. The Hall–Kier alpha value is -2.94. The van der Waals surface area contributed by atoms with Gasteiger partial charge < -0.3 is 27.2 Å². The lowest BCUT2D eigenvalue weighted by molar-refractivity contribution is -0.141. The number of carboxylic acids is 1. The molecule has 0 bridgehead atoms. The van der Waals surface area contributed by atoms with Crippen LogP contribution in [0.1, 0.15) is 12.0 Å². The number of nitrogens with two attached hydrogens (primary N) is 2. The Labute approximate surface area is 138 Å². The van der Waals surface area contributed by atoms with E-state index in [1.54, 1.807) is 30.3 Å². The van der Waals surface area contributed by atoms with E-state index in [0.29, 0.717) is 0 Å². The maximum atomic E-state index is 11.8. The molecule has 2 atom stereocenters. The number of carbonyl (C=O) groups is 4. The number of rotatable bonds is 9. The van der Waals surface area contributed by atoms with E-state index in [0.717, 1.165) is 5.56 Å². The molecule has 130 valence electrons. The third-order valence-electron chi connectivity index (χ3n) is 3.10. The quantitative estimate of drug-likeness (QED) is 0.354. The van der Waals surface area contributed by atoms with Crippen molar-refractivity contribution < 1.29 is 24.3 Å². The minimum atomic E-state index is -1.19. The van der Waals surface area contributed by atoms with Gasteiger partial charge in [-0.2, -0.15) is 0 Å². The zero-order valence-electron chi connectivity index (χ0n) is 12.9. The number of carboxylic acid groups (broad SMARTS) is 1. The number of carbonyl (C=O) groups excluding carboxylic acids is 3. The van der Waals surface area contributed by atoms with Gasteiger partial charge in [0.25, 0.3) is 0 Å². The smallest absolute Gasteiger partial charge is 0.326 e. The Morgan fingerprint density at radius 3 is 2.29 bits per heavy atom. The zero-order valence-corrected chi connectivity index (χ0v) is 12.9. The number of primary amides is 1. The van der Waals surface area contributed by atoms with Crippen molar-refractivity contribution in [1.82, 2.24) is 10.6 Å². The van der Waals surface area contributed by atoms with E-state index in [2.05, 4.69) is 10.6 Å². The van der Waals surface area contributed by atoms with Crippen molar-refractivity contribution in [3.8, 4) is 0 Å². The molecule has 0 radical (unpaired) electrons. The number of amides is 3. The monoisotopic (exact) mass is 336 g/mol. The van der Waals surface area contributed by atoms with Crippen molar-refractivity contribution in [3.05, 3.63) is 35.9 Å². The van der Waals surface area contributed by atoms with Crippen LogP contribution in [0.15, 0.2) is 30.3 Å². The second kappa shape index (κ2) is 9.26. The fourth-order valence-corrected chi connectivity index (χ4v) is 1.90. The van der Waals surface area contributed by atoms with E-state index in [1.165, 1.54) is 0 Å². The van der Waals surface area contributed by atoms with E-state index >= 15 is 0 Å². The topological polar surface area (TPSA) is 165 Å². The van der Waals surface area contributed by atoms with Crippen molar-refractivity contribution in [2.75, 3.05) is 6.54 Å². The lowest BCUT2D eigenvalue weighted by atomic mass is 10.1. The molecule has 9 heteroatoms. The fourth-order valence-electron chi connectivity index (χ4n) is 1.90. The van der Waals surface area contributed by atoms with Crippen LogP contribution in [0.5, 0.6) is 0 Å².